The Balaban J connectivity index is 4.12. The lowest BCUT2D eigenvalue weighted by molar-refractivity contribution is 0.0682. The third-order valence-electron chi connectivity index (χ3n) is 2.60. The van der Waals surface area contributed by atoms with Crippen molar-refractivity contribution in [1.82, 2.24) is 4.90 Å². The molecule has 0 aliphatic heterocycles. The molecule has 0 saturated heterocycles. The van der Waals surface area contributed by atoms with Crippen LogP contribution in [0.3, 0.4) is 0 Å². The minimum Gasteiger partial charge on any atom is -0.383 e. The van der Waals surface area contributed by atoms with Crippen LogP contribution in [0, 0.1) is 0 Å². The Morgan fingerprint density at radius 1 is 1.36 bits per heavy atom. The molecule has 0 aromatic heterocycles. The zero-order chi connectivity index (χ0) is 11.0. The molecule has 0 heterocycles. The molecule has 0 aromatic carbocycles. The Labute approximate surface area is 88.6 Å². The predicted molar refractivity (Wildman–Crippen MR) is 61.5 cm³/mol. The molecule has 0 rings (SSSR count). The summed E-state index contributed by atoms with van der Waals surface area (Å²) in [7, 11) is 1.77. The van der Waals surface area contributed by atoms with Gasteiger partial charge in [-0.2, -0.15) is 0 Å². The van der Waals surface area contributed by atoms with Crippen LogP contribution in [0.4, 0.5) is 0 Å². The number of rotatable bonds is 8. The van der Waals surface area contributed by atoms with Gasteiger partial charge in [-0.15, -0.1) is 0 Å². The quantitative estimate of drug-likeness (QED) is 0.648. The van der Waals surface area contributed by atoms with E-state index in [4.69, 9.17) is 10.5 Å². The monoisotopic (exact) mass is 202 g/mol. The van der Waals surface area contributed by atoms with Gasteiger partial charge in [0.1, 0.15) is 0 Å². The van der Waals surface area contributed by atoms with E-state index in [1.54, 1.807) is 7.11 Å². The molecule has 0 radical (unpaired) electrons. The van der Waals surface area contributed by atoms with Crippen molar-refractivity contribution in [3.63, 3.8) is 0 Å². The lowest BCUT2D eigenvalue weighted by Gasteiger charge is -2.33. The summed E-state index contributed by atoms with van der Waals surface area (Å²) < 4.78 is 5.25. The Bertz CT molecular complexity index is 128. The average molecular weight is 202 g/mol. The van der Waals surface area contributed by atoms with Crippen molar-refractivity contribution in [2.75, 3.05) is 26.8 Å². The standard InChI is InChI=1S/C11H26N2O/c1-5-13(10(2)3)11(9-14-4)7-6-8-12/h10-11H,5-9,12H2,1-4H3. The van der Waals surface area contributed by atoms with Crippen LogP contribution in [0.2, 0.25) is 0 Å². The third-order valence-corrected chi connectivity index (χ3v) is 2.60. The zero-order valence-corrected chi connectivity index (χ0v) is 10.1. The minimum absolute atomic E-state index is 0.522. The van der Waals surface area contributed by atoms with Crippen LogP contribution in [-0.4, -0.2) is 43.8 Å². The van der Waals surface area contributed by atoms with E-state index in [1.807, 2.05) is 0 Å². The molecule has 0 aromatic rings. The maximum Gasteiger partial charge on any atom is 0.0618 e. The number of hydrogen-bond acceptors (Lipinski definition) is 3. The Morgan fingerprint density at radius 2 is 2.00 bits per heavy atom. The predicted octanol–water partition coefficient (Wildman–Crippen LogP) is 1.47. The van der Waals surface area contributed by atoms with Crippen LogP contribution in [-0.2, 0) is 4.74 Å². The van der Waals surface area contributed by atoms with E-state index in [1.165, 1.54) is 0 Å². The van der Waals surface area contributed by atoms with Gasteiger partial charge in [0, 0.05) is 19.2 Å². The summed E-state index contributed by atoms with van der Waals surface area (Å²) in [5, 5.41) is 0. The summed E-state index contributed by atoms with van der Waals surface area (Å²) in [6, 6.07) is 1.10. The summed E-state index contributed by atoms with van der Waals surface area (Å²) in [6.07, 6.45) is 2.22. The first-order valence-electron chi connectivity index (χ1n) is 5.62. The van der Waals surface area contributed by atoms with E-state index in [9.17, 15) is 0 Å². The second-order valence-electron chi connectivity index (χ2n) is 3.96. The van der Waals surface area contributed by atoms with Crippen molar-refractivity contribution in [3.8, 4) is 0 Å². The van der Waals surface area contributed by atoms with E-state index in [-0.39, 0.29) is 0 Å². The Hall–Kier alpha value is -0.120. The highest BCUT2D eigenvalue weighted by Gasteiger charge is 2.18. The molecule has 0 saturated carbocycles. The van der Waals surface area contributed by atoms with Crippen LogP contribution >= 0.6 is 0 Å². The van der Waals surface area contributed by atoms with Gasteiger partial charge < -0.3 is 10.5 Å². The average Bonchev–Trinajstić information content (AvgIpc) is 2.14. The maximum absolute atomic E-state index is 5.53. The number of nitrogens with two attached hydrogens (primary N) is 1. The highest BCUT2D eigenvalue weighted by Crippen LogP contribution is 2.10. The second-order valence-corrected chi connectivity index (χ2v) is 3.96. The molecule has 2 N–H and O–H groups in total. The fourth-order valence-corrected chi connectivity index (χ4v) is 1.94. The molecule has 1 atom stereocenters. The third kappa shape index (κ3) is 4.94. The first kappa shape index (κ1) is 13.9. The smallest absolute Gasteiger partial charge is 0.0618 e. The van der Waals surface area contributed by atoms with E-state index in [0.29, 0.717) is 12.1 Å². The van der Waals surface area contributed by atoms with Crippen molar-refractivity contribution >= 4 is 0 Å². The highest BCUT2D eigenvalue weighted by molar-refractivity contribution is 4.73. The summed E-state index contributed by atoms with van der Waals surface area (Å²) in [5.41, 5.74) is 5.53. The van der Waals surface area contributed by atoms with Crippen molar-refractivity contribution in [1.29, 1.82) is 0 Å². The van der Waals surface area contributed by atoms with Crippen LogP contribution in [0.25, 0.3) is 0 Å². The lowest BCUT2D eigenvalue weighted by Crippen LogP contribution is -2.43. The van der Waals surface area contributed by atoms with Gasteiger partial charge in [0.25, 0.3) is 0 Å². The molecule has 0 aliphatic carbocycles. The van der Waals surface area contributed by atoms with Gasteiger partial charge in [0.15, 0.2) is 0 Å². The fraction of sp³-hybridized carbons (Fsp3) is 1.00. The number of methoxy groups -OCH3 is 1. The normalized spacial score (nSPS) is 13.9. The largest absolute Gasteiger partial charge is 0.383 e. The maximum atomic E-state index is 5.53. The molecule has 1 unspecified atom stereocenters. The first-order chi connectivity index (χ1) is 6.67. The number of hydrogen-bond donors (Lipinski definition) is 1. The summed E-state index contributed by atoms with van der Waals surface area (Å²) in [4.78, 5) is 2.47. The van der Waals surface area contributed by atoms with E-state index in [2.05, 4.69) is 25.7 Å². The summed E-state index contributed by atoms with van der Waals surface area (Å²) >= 11 is 0. The Morgan fingerprint density at radius 3 is 2.36 bits per heavy atom. The number of nitrogens with zero attached hydrogens (tertiary/aromatic N) is 1. The lowest BCUT2D eigenvalue weighted by atomic mass is 10.1. The van der Waals surface area contributed by atoms with Crippen molar-refractivity contribution < 1.29 is 4.74 Å². The minimum atomic E-state index is 0.522. The topological polar surface area (TPSA) is 38.5 Å². The number of ether oxygens (including phenoxy) is 1. The molecule has 3 nitrogen and oxygen atoms in total. The molecule has 0 amide bonds. The molecule has 0 bridgehead atoms. The van der Waals surface area contributed by atoms with Gasteiger partial charge in [-0.3, -0.25) is 4.90 Å². The van der Waals surface area contributed by atoms with Crippen molar-refractivity contribution in [3.05, 3.63) is 0 Å². The second kappa shape index (κ2) is 8.21. The molecular weight excluding hydrogens is 176 g/mol. The molecule has 0 spiro atoms. The number of likely N-dealkylation sites (N-methyl/N-ethyl adjacent to an activating group) is 1. The SMILES string of the molecule is CCN(C(C)C)C(CCCN)COC. The Kier molecular flexibility index (Phi) is 8.14. The zero-order valence-electron chi connectivity index (χ0n) is 10.1. The van der Waals surface area contributed by atoms with Gasteiger partial charge in [0.05, 0.1) is 6.61 Å². The molecule has 0 aliphatic rings. The van der Waals surface area contributed by atoms with Gasteiger partial charge in [-0.25, -0.2) is 0 Å². The van der Waals surface area contributed by atoms with Crippen LogP contribution in [0.1, 0.15) is 33.6 Å². The highest BCUT2D eigenvalue weighted by atomic mass is 16.5. The molecule has 86 valence electrons. The van der Waals surface area contributed by atoms with Gasteiger partial charge in [0.2, 0.25) is 0 Å². The summed E-state index contributed by atoms with van der Waals surface area (Å²) in [6.45, 7) is 9.33. The van der Waals surface area contributed by atoms with Crippen LogP contribution in [0.5, 0.6) is 0 Å². The first-order valence-corrected chi connectivity index (χ1v) is 5.62. The molecular formula is C11H26N2O. The molecule has 0 fully saturated rings. The van der Waals surface area contributed by atoms with Gasteiger partial charge >= 0.3 is 0 Å². The molecule has 14 heavy (non-hydrogen) atoms. The van der Waals surface area contributed by atoms with E-state index < -0.39 is 0 Å². The van der Waals surface area contributed by atoms with Gasteiger partial charge in [-0.05, 0) is 39.8 Å². The fourth-order valence-electron chi connectivity index (χ4n) is 1.94. The molecule has 3 heteroatoms. The van der Waals surface area contributed by atoms with Crippen LogP contribution in [0.15, 0.2) is 0 Å². The van der Waals surface area contributed by atoms with Crippen molar-refractivity contribution in [2.45, 2.75) is 45.7 Å². The summed E-state index contributed by atoms with van der Waals surface area (Å²) in [5.74, 6) is 0. The van der Waals surface area contributed by atoms with E-state index >= 15 is 0 Å². The van der Waals surface area contributed by atoms with Crippen LogP contribution < -0.4 is 5.73 Å². The van der Waals surface area contributed by atoms with E-state index in [0.717, 1.165) is 32.5 Å². The van der Waals surface area contributed by atoms with Crippen molar-refractivity contribution in [2.24, 2.45) is 5.73 Å². The van der Waals surface area contributed by atoms with Gasteiger partial charge in [-0.1, -0.05) is 6.92 Å².